The summed E-state index contributed by atoms with van der Waals surface area (Å²) in [5, 5.41) is 0. The Hall–Kier alpha value is -2.19. The Balaban J connectivity index is 1.64. The molecule has 27 heavy (non-hydrogen) atoms. The molecular formula is C25H29FO. The molecule has 2 aromatic carbocycles. The Bertz CT molecular complexity index is 754. The fourth-order valence-corrected chi connectivity index (χ4v) is 4.01. The van der Waals surface area contributed by atoms with E-state index >= 15 is 0 Å². The van der Waals surface area contributed by atoms with Gasteiger partial charge in [-0.05, 0) is 66.7 Å². The van der Waals surface area contributed by atoms with Crippen LogP contribution in [-0.4, -0.2) is 6.61 Å². The third-order valence-corrected chi connectivity index (χ3v) is 5.61. The zero-order chi connectivity index (χ0) is 19.1. The number of hydrogen-bond donors (Lipinski definition) is 0. The normalized spacial score (nSPS) is 19.6. The zero-order valence-electron chi connectivity index (χ0n) is 16.0. The summed E-state index contributed by atoms with van der Waals surface area (Å²) in [6.07, 6.45) is 9.96. The summed E-state index contributed by atoms with van der Waals surface area (Å²) in [5.41, 5.74) is 3.94. The monoisotopic (exact) mass is 364 g/mol. The van der Waals surface area contributed by atoms with E-state index in [1.54, 1.807) is 12.1 Å². The standard InChI is InChI=1S/C25H29FO/c1-3-5-19-6-8-20(9-7-19)21-10-12-22(13-11-21)23-14-15-24(25(26)17-23)18-27-16-4-2/h3-4,10-15,17,19-20H,1-2,5-9,16,18H2. The molecule has 0 aromatic heterocycles. The maximum atomic E-state index is 14.3. The van der Waals surface area contributed by atoms with Crippen LogP contribution in [0.2, 0.25) is 0 Å². The van der Waals surface area contributed by atoms with Gasteiger partial charge in [0.2, 0.25) is 0 Å². The van der Waals surface area contributed by atoms with E-state index in [-0.39, 0.29) is 12.4 Å². The summed E-state index contributed by atoms with van der Waals surface area (Å²) < 4.78 is 19.7. The Labute approximate surface area is 162 Å². The average Bonchev–Trinajstić information content (AvgIpc) is 2.70. The first-order valence-electron chi connectivity index (χ1n) is 9.89. The molecule has 2 aromatic rings. The van der Waals surface area contributed by atoms with Crippen molar-refractivity contribution in [2.24, 2.45) is 5.92 Å². The van der Waals surface area contributed by atoms with E-state index in [4.69, 9.17) is 4.74 Å². The van der Waals surface area contributed by atoms with E-state index in [1.165, 1.54) is 31.2 Å². The molecule has 1 fully saturated rings. The Morgan fingerprint density at radius 1 is 0.926 bits per heavy atom. The molecule has 0 saturated heterocycles. The van der Waals surface area contributed by atoms with E-state index in [2.05, 4.69) is 43.5 Å². The van der Waals surface area contributed by atoms with Gasteiger partial charge in [-0.15, -0.1) is 13.2 Å². The van der Waals surface area contributed by atoms with E-state index in [0.29, 0.717) is 18.1 Å². The molecule has 0 N–H and O–H groups in total. The number of rotatable bonds is 8. The fourth-order valence-electron chi connectivity index (χ4n) is 4.01. The molecule has 142 valence electrons. The van der Waals surface area contributed by atoms with Crippen LogP contribution in [0.25, 0.3) is 11.1 Å². The highest BCUT2D eigenvalue weighted by Crippen LogP contribution is 2.37. The lowest BCUT2D eigenvalue weighted by Crippen LogP contribution is -2.12. The molecule has 0 aliphatic heterocycles. The van der Waals surface area contributed by atoms with Gasteiger partial charge in [-0.3, -0.25) is 0 Å². The largest absolute Gasteiger partial charge is 0.373 e. The number of halogens is 1. The van der Waals surface area contributed by atoms with E-state index in [0.717, 1.165) is 23.5 Å². The Morgan fingerprint density at radius 2 is 1.63 bits per heavy atom. The second-order valence-corrected chi connectivity index (χ2v) is 7.47. The van der Waals surface area contributed by atoms with Crippen molar-refractivity contribution in [3.05, 3.63) is 84.7 Å². The van der Waals surface area contributed by atoms with Crippen LogP contribution in [-0.2, 0) is 11.3 Å². The third kappa shape index (κ3) is 5.17. The highest BCUT2D eigenvalue weighted by Gasteiger charge is 2.21. The minimum atomic E-state index is -0.221. The minimum Gasteiger partial charge on any atom is -0.373 e. The van der Waals surface area contributed by atoms with Crippen LogP contribution in [0.15, 0.2) is 67.8 Å². The van der Waals surface area contributed by atoms with E-state index in [9.17, 15) is 4.39 Å². The molecule has 0 atom stereocenters. The molecule has 0 amide bonds. The maximum Gasteiger partial charge on any atom is 0.129 e. The predicted molar refractivity (Wildman–Crippen MR) is 111 cm³/mol. The molecule has 2 heteroatoms. The second-order valence-electron chi connectivity index (χ2n) is 7.47. The lowest BCUT2D eigenvalue weighted by molar-refractivity contribution is 0.146. The fraction of sp³-hybridized carbons (Fsp3) is 0.360. The van der Waals surface area contributed by atoms with Gasteiger partial charge in [-0.1, -0.05) is 48.6 Å². The topological polar surface area (TPSA) is 9.23 Å². The van der Waals surface area contributed by atoms with Gasteiger partial charge < -0.3 is 4.74 Å². The van der Waals surface area contributed by atoms with Crippen molar-refractivity contribution in [3.8, 4) is 11.1 Å². The predicted octanol–water partition coefficient (Wildman–Crippen LogP) is 7.05. The first kappa shape index (κ1) is 19.6. The highest BCUT2D eigenvalue weighted by molar-refractivity contribution is 5.64. The van der Waals surface area contributed by atoms with Crippen molar-refractivity contribution in [1.82, 2.24) is 0 Å². The van der Waals surface area contributed by atoms with Crippen LogP contribution < -0.4 is 0 Å². The lowest BCUT2D eigenvalue weighted by atomic mass is 9.77. The molecule has 1 saturated carbocycles. The summed E-state index contributed by atoms with van der Waals surface area (Å²) >= 11 is 0. The molecule has 0 bridgehead atoms. The summed E-state index contributed by atoms with van der Waals surface area (Å²) in [6, 6.07) is 14.0. The van der Waals surface area contributed by atoms with Gasteiger partial charge >= 0.3 is 0 Å². The van der Waals surface area contributed by atoms with Gasteiger partial charge in [-0.2, -0.15) is 0 Å². The second kappa shape index (κ2) is 9.66. The van der Waals surface area contributed by atoms with Crippen molar-refractivity contribution in [2.75, 3.05) is 6.61 Å². The van der Waals surface area contributed by atoms with Crippen LogP contribution in [0, 0.1) is 11.7 Å². The third-order valence-electron chi connectivity index (χ3n) is 5.61. The number of benzene rings is 2. The first-order chi connectivity index (χ1) is 13.2. The summed E-state index contributed by atoms with van der Waals surface area (Å²) in [5.74, 6) is 1.25. The van der Waals surface area contributed by atoms with Gasteiger partial charge in [-0.25, -0.2) is 4.39 Å². The Morgan fingerprint density at radius 3 is 2.26 bits per heavy atom. The zero-order valence-corrected chi connectivity index (χ0v) is 16.0. The lowest BCUT2D eigenvalue weighted by Gasteiger charge is -2.28. The molecule has 0 radical (unpaired) electrons. The van der Waals surface area contributed by atoms with Crippen molar-refractivity contribution in [2.45, 2.75) is 44.6 Å². The molecule has 0 unspecified atom stereocenters. The molecule has 1 aliphatic rings. The molecular weight excluding hydrogens is 335 g/mol. The molecule has 3 rings (SSSR count). The SMILES string of the molecule is C=CCOCc1ccc(-c2ccc(C3CCC(CC=C)CC3)cc2)cc1F. The van der Waals surface area contributed by atoms with Gasteiger partial charge in [0.05, 0.1) is 13.2 Å². The van der Waals surface area contributed by atoms with Gasteiger partial charge in [0, 0.05) is 5.56 Å². The van der Waals surface area contributed by atoms with Gasteiger partial charge in [0.25, 0.3) is 0 Å². The van der Waals surface area contributed by atoms with Crippen LogP contribution in [0.4, 0.5) is 4.39 Å². The first-order valence-corrected chi connectivity index (χ1v) is 9.89. The van der Waals surface area contributed by atoms with Gasteiger partial charge in [0.15, 0.2) is 0 Å². The number of hydrogen-bond acceptors (Lipinski definition) is 1. The maximum absolute atomic E-state index is 14.3. The molecule has 1 nitrogen and oxygen atoms in total. The quantitative estimate of drug-likeness (QED) is 0.360. The van der Waals surface area contributed by atoms with Crippen LogP contribution in [0.3, 0.4) is 0 Å². The van der Waals surface area contributed by atoms with E-state index < -0.39 is 0 Å². The van der Waals surface area contributed by atoms with Crippen molar-refractivity contribution in [3.63, 3.8) is 0 Å². The van der Waals surface area contributed by atoms with Crippen LogP contribution >= 0.6 is 0 Å². The highest BCUT2D eigenvalue weighted by atomic mass is 19.1. The summed E-state index contributed by atoms with van der Waals surface area (Å²) in [4.78, 5) is 0. The number of ether oxygens (including phenoxy) is 1. The minimum absolute atomic E-state index is 0.221. The van der Waals surface area contributed by atoms with Crippen molar-refractivity contribution >= 4 is 0 Å². The molecule has 0 spiro atoms. The van der Waals surface area contributed by atoms with Gasteiger partial charge in [0.1, 0.15) is 5.82 Å². The smallest absolute Gasteiger partial charge is 0.129 e. The summed E-state index contributed by atoms with van der Waals surface area (Å²) in [7, 11) is 0. The van der Waals surface area contributed by atoms with Crippen LogP contribution in [0.1, 0.15) is 49.1 Å². The van der Waals surface area contributed by atoms with Crippen molar-refractivity contribution < 1.29 is 9.13 Å². The number of allylic oxidation sites excluding steroid dienone is 1. The average molecular weight is 365 g/mol. The molecule has 0 heterocycles. The van der Waals surface area contributed by atoms with E-state index in [1.807, 2.05) is 12.1 Å². The van der Waals surface area contributed by atoms with Crippen molar-refractivity contribution in [1.29, 1.82) is 0 Å². The molecule has 1 aliphatic carbocycles. The summed E-state index contributed by atoms with van der Waals surface area (Å²) in [6.45, 7) is 8.16. The van der Waals surface area contributed by atoms with Crippen LogP contribution in [0.5, 0.6) is 0 Å². The Kier molecular flexibility index (Phi) is 7.00.